The third-order valence-electron chi connectivity index (χ3n) is 3.04. The minimum atomic E-state index is -0.437. The Balaban J connectivity index is 2.08. The number of imidazole rings is 1. The van der Waals surface area contributed by atoms with Crippen molar-refractivity contribution >= 4 is 34.9 Å². The Hall–Kier alpha value is -0.910. The maximum Gasteiger partial charge on any atom is 0.178 e. The Morgan fingerprint density at radius 1 is 1.40 bits per heavy atom. The van der Waals surface area contributed by atoms with E-state index in [1.54, 1.807) is 6.07 Å². The van der Waals surface area contributed by atoms with Gasteiger partial charge in [0.15, 0.2) is 4.77 Å². The number of rotatable bonds is 6. The monoisotopic (exact) mass is 316 g/mol. The van der Waals surface area contributed by atoms with Gasteiger partial charge < -0.3 is 14.3 Å². The predicted molar refractivity (Wildman–Crippen MR) is 82.4 cm³/mol. The van der Waals surface area contributed by atoms with Gasteiger partial charge in [0.1, 0.15) is 5.82 Å². The number of benzene rings is 1. The Morgan fingerprint density at radius 3 is 2.85 bits per heavy atom. The van der Waals surface area contributed by atoms with E-state index in [4.69, 9.17) is 28.6 Å². The van der Waals surface area contributed by atoms with Crippen LogP contribution in [-0.4, -0.2) is 22.3 Å². The zero-order valence-electron chi connectivity index (χ0n) is 11.6. The quantitative estimate of drug-likeness (QED) is 0.618. The summed E-state index contributed by atoms with van der Waals surface area (Å²) in [6.07, 6.45) is 2.16. The summed E-state index contributed by atoms with van der Waals surface area (Å²) >= 11 is 11.1. The van der Waals surface area contributed by atoms with Gasteiger partial charge in [0.05, 0.1) is 22.2 Å². The summed E-state index contributed by atoms with van der Waals surface area (Å²) in [5.41, 5.74) is 1.52. The van der Waals surface area contributed by atoms with Gasteiger partial charge in [-0.25, -0.2) is 4.39 Å². The Labute approximate surface area is 127 Å². The first kappa shape index (κ1) is 15.5. The standard InChI is InChI=1S/C14H18ClFN2OS/c1-9(2)19-6-4-3-5-18-13-7-10(15)11(16)8-12(13)17-14(18)20/h7-9H,3-6H2,1-2H3,(H,17,20). The van der Waals surface area contributed by atoms with Crippen LogP contribution in [0.4, 0.5) is 4.39 Å². The Morgan fingerprint density at radius 2 is 2.15 bits per heavy atom. The molecule has 0 amide bonds. The van der Waals surface area contributed by atoms with Gasteiger partial charge in [0.25, 0.3) is 0 Å². The van der Waals surface area contributed by atoms with Crippen molar-refractivity contribution in [3.63, 3.8) is 0 Å². The fourth-order valence-electron chi connectivity index (χ4n) is 2.06. The lowest BCUT2D eigenvalue weighted by Gasteiger charge is -2.08. The lowest BCUT2D eigenvalue weighted by atomic mass is 10.3. The highest BCUT2D eigenvalue weighted by molar-refractivity contribution is 7.71. The summed E-state index contributed by atoms with van der Waals surface area (Å²) in [4.78, 5) is 3.00. The van der Waals surface area contributed by atoms with Gasteiger partial charge in [-0.3, -0.25) is 0 Å². The fraction of sp³-hybridized carbons (Fsp3) is 0.500. The van der Waals surface area contributed by atoms with Gasteiger partial charge in [-0.1, -0.05) is 11.6 Å². The Bertz CT molecular complexity index is 650. The first-order valence-electron chi connectivity index (χ1n) is 6.68. The number of ether oxygens (including phenoxy) is 1. The van der Waals surface area contributed by atoms with Gasteiger partial charge >= 0.3 is 0 Å². The largest absolute Gasteiger partial charge is 0.379 e. The summed E-state index contributed by atoms with van der Waals surface area (Å²) in [5.74, 6) is -0.437. The molecule has 0 fully saturated rings. The van der Waals surface area contributed by atoms with E-state index < -0.39 is 5.82 Å². The van der Waals surface area contributed by atoms with E-state index in [-0.39, 0.29) is 11.1 Å². The molecule has 1 aromatic carbocycles. The average Bonchev–Trinajstić information content (AvgIpc) is 2.65. The number of fused-ring (bicyclic) bond motifs is 1. The van der Waals surface area contributed by atoms with Crippen molar-refractivity contribution in [3.8, 4) is 0 Å². The van der Waals surface area contributed by atoms with E-state index >= 15 is 0 Å². The molecule has 0 saturated heterocycles. The first-order chi connectivity index (χ1) is 9.49. The number of aryl methyl sites for hydroxylation is 1. The topological polar surface area (TPSA) is 29.9 Å². The normalized spacial score (nSPS) is 11.7. The summed E-state index contributed by atoms with van der Waals surface area (Å²) in [6, 6.07) is 3.00. The van der Waals surface area contributed by atoms with Gasteiger partial charge in [-0.2, -0.15) is 0 Å². The first-order valence-corrected chi connectivity index (χ1v) is 7.47. The van der Waals surface area contributed by atoms with Gasteiger partial charge in [-0.15, -0.1) is 0 Å². The number of hydrogen-bond donors (Lipinski definition) is 1. The van der Waals surface area contributed by atoms with Crippen molar-refractivity contribution in [2.45, 2.75) is 39.3 Å². The molecule has 0 aliphatic carbocycles. The molecule has 1 heterocycles. The highest BCUT2D eigenvalue weighted by Gasteiger charge is 2.08. The van der Waals surface area contributed by atoms with Crippen LogP contribution in [0.2, 0.25) is 5.02 Å². The molecule has 1 N–H and O–H groups in total. The van der Waals surface area contributed by atoms with Crippen LogP contribution in [-0.2, 0) is 11.3 Å². The fourth-order valence-corrected chi connectivity index (χ4v) is 2.52. The second-order valence-electron chi connectivity index (χ2n) is 4.99. The number of H-pyrrole nitrogens is 1. The molecular weight excluding hydrogens is 299 g/mol. The predicted octanol–water partition coefficient (Wildman–Crippen LogP) is 4.70. The number of nitrogens with zero attached hydrogens (tertiary/aromatic N) is 1. The Kier molecular flexibility index (Phi) is 5.18. The molecule has 20 heavy (non-hydrogen) atoms. The zero-order valence-corrected chi connectivity index (χ0v) is 13.2. The van der Waals surface area contributed by atoms with E-state index in [1.807, 2.05) is 18.4 Å². The van der Waals surface area contributed by atoms with E-state index in [0.29, 0.717) is 10.3 Å². The van der Waals surface area contributed by atoms with Crippen LogP contribution in [0, 0.1) is 10.6 Å². The van der Waals surface area contributed by atoms with Crippen LogP contribution < -0.4 is 0 Å². The van der Waals surface area contributed by atoms with Crippen molar-refractivity contribution in [1.82, 2.24) is 9.55 Å². The van der Waals surface area contributed by atoms with E-state index in [9.17, 15) is 4.39 Å². The summed E-state index contributed by atoms with van der Waals surface area (Å²) in [5, 5.41) is 0.114. The highest BCUT2D eigenvalue weighted by atomic mass is 35.5. The molecule has 0 aliphatic heterocycles. The molecule has 6 heteroatoms. The average molecular weight is 317 g/mol. The van der Waals surface area contributed by atoms with E-state index in [0.717, 1.165) is 31.5 Å². The molecule has 0 atom stereocenters. The van der Waals surface area contributed by atoms with E-state index in [1.165, 1.54) is 6.07 Å². The van der Waals surface area contributed by atoms with Crippen LogP contribution in [0.5, 0.6) is 0 Å². The zero-order chi connectivity index (χ0) is 14.7. The minimum Gasteiger partial charge on any atom is -0.379 e. The minimum absolute atomic E-state index is 0.114. The maximum absolute atomic E-state index is 13.4. The highest BCUT2D eigenvalue weighted by Crippen LogP contribution is 2.23. The molecule has 2 aromatic rings. The smallest absolute Gasteiger partial charge is 0.178 e. The van der Waals surface area contributed by atoms with Crippen LogP contribution >= 0.6 is 23.8 Å². The summed E-state index contributed by atoms with van der Waals surface area (Å²) < 4.78 is 21.4. The van der Waals surface area contributed by atoms with Crippen molar-refractivity contribution in [3.05, 3.63) is 27.7 Å². The number of nitrogens with one attached hydrogen (secondary N) is 1. The van der Waals surface area contributed by atoms with Crippen LogP contribution in [0.15, 0.2) is 12.1 Å². The molecule has 0 spiro atoms. The molecule has 110 valence electrons. The summed E-state index contributed by atoms with van der Waals surface area (Å²) in [7, 11) is 0. The van der Waals surface area contributed by atoms with Gasteiger partial charge in [0.2, 0.25) is 0 Å². The molecule has 0 unspecified atom stereocenters. The van der Waals surface area contributed by atoms with Crippen LogP contribution in [0.3, 0.4) is 0 Å². The lowest BCUT2D eigenvalue weighted by molar-refractivity contribution is 0.0755. The second kappa shape index (κ2) is 6.70. The third-order valence-corrected chi connectivity index (χ3v) is 3.66. The van der Waals surface area contributed by atoms with Crippen LogP contribution in [0.25, 0.3) is 11.0 Å². The molecular formula is C14H18ClFN2OS. The molecule has 2 rings (SSSR count). The number of hydrogen-bond acceptors (Lipinski definition) is 2. The van der Waals surface area contributed by atoms with Crippen molar-refractivity contribution in [2.24, 2.45) is 0 Å². The molecule has 0 bridgehead atoms. The second-order valence-corrected chi connectivity index (χ2v) is 5.79. The maximum atomic E-state index is 13.4. The number of unbranched alkanes of at least 4 members (excludes halogenated alkanes) is 1. The summed E-state index contributed by atoms with van der Waals surface area (Å²) in [6.45, 7) is 5.55. The molecule has 3 nitrogen and oxygen atoms in total. The third kappa shape index (κ3) is 3.59. The number of aromatic nitrogens is 2. The van der Waals surface area contributed by atoms with Gasteiger partial charge in [-0.05, 0) is 45.0 Å². The van der Waals surface area contributed by atoms with E-state index in [2.05, 4.69) is 4.98 Å². The molecule has 0 aliphatic rings. The number of halogens is 2. The van der Waals surface area contributed by atoms with Crippen molar-refractivity contribution in [1.29, 1.82) is 0 Å². The molecule has 0 saturated carbocycles. The number of aromatic amines is 1. The van der Waals surface area contributed by atoms with Crippen LogP contribution in [0.1, 0.15) is 26.7 Å². The lowest BCUT2D eigenvalue weighted by Crippen LogP contribution is -2.05. The van der Waals surface area contributed by atoms with Crippen molar-refractivity contribution in [2.75, 3.05) is 6.61 Å². The molecule has 1 aromatic heterocycles. The SMILES string of the molecule is CC(C)OCCCCn1c(=S)[nH]c2cc(F)c(Cl)cc21. The van der Waals surface area contributed by atoms with Gasteiger partial charge in [0, 0.05) is 19.2 Å². The van der Waals surface area contributed by atoms with Crippen molar-refractivity contribution < 1.29 is 9.13 Å². The molecule has 0 radical (unpaired) electrons.